The van der Waals surface area contributed by atoms with Gasteiger partial charge in [-0.3, -0.25) is 0 Å². The van der Waals surface area contributed by atoms with Crippen molar-refractivity contribution in [3.63, 3.8) is 0 Å². The molecule has 2 heteroatoms. The van der Waals surface area contributed by atoms with Crippen LogP contribution in [0.25, 0.3) is 0 Å². The minimum absolute atomic E-state index is 0. The maximum absolute atomic E-state index is 2.36. The topological polar surface area (TPSA) is 0 Å². The van der Waals surface area contributed by atoms with Crippen molar-refractivity contribution >= 4 is 0 Å². The number of unbranched alkanes of at least 4 members (excludes halogenated alkanes) is 9. The van der Waals surface area contributed by atoms with E-state index in [2.05, 4.69) is 45.3 Å². The van der Waals surface area contributed by atoms with Gasteiger partial charge >= 0.3 is 17.1 Å². The summed E-state index contributed by atoms with van der Waals surface area (Å²) in [6.07, 6.45) is 14.3. The Morgan fingerprint density at radius 2 is 1.30 bits per heavy atom. The molecule has 0 aliphatic carbocycles. The summed E-state index contributed by atoms with van der Waals surface area (Å²) in [5.74, 6) is 0. The molecule has 0 spiro atoms. The van der Waals surface area contributed by atoms with Gasteiger partial charge in [-0.05, 0) is 12.8 Å². The second-order valence-corrected chi connectivity index (χ2v) is 8.25. The Balaban J connectivity index is 0.000000969. The van der Waals surface area contributed by atoms with E-state index in [1.54, 1.807) is 0 Å². The van der Waals surface area contributed by atoms with Crippen molar-refractivity contribution in [3.05, 3.63) is 60.2 Å². The van der Waals surface area contributed by atoms with Crippen molar-refractivity contribution in [2.75, 3.05) is 20.6 Å². The smallest absolute Gasteiger partial charge is 0.326 e. The van der Waals surface area contributed by atoms with Crippen molar-refractivity contribution in [1.82, 2.24) is 0 Å². The number of rotatable bonds is 13. The fourth-order valence-electron chi connectivity index (χ4n) is 3.44. The van der Waals surface area contributed by atoms with E-state index in [0.29, 0.717) is 0 Å². The van der Waals surface area contributed by atoms with Crippen LogP contribution in [-0.2, 0) is 23.6 Å². The molecule has 0 radical (unpaired) electrons. The first-order chi connectivity index (χ1) is 12.6. The predicted octanol–water partition coefficient (Wildman–Crippen LogP) is 7.31. The monoisotopic (exact) mass is 412 g/mol. The van der Waals surface area contributed by atoms with Crippen LogP contribution in [0.1, 0.15) is 76.7 Å². The molecule has 1 nitrogen and oxygen atoms in total. The van der Waals surface area contributed by atoms with Gasteiger partial charge in [-0.2, -0.15) is 30.3 Å². The Bertz CT molecular complexity index is 467. The first kappa shape index (κ1) is 26.2. The van der Waals surface area contributed by atoms with Crippen LogP contribution >= 0.6 is 0 Å². The summed E-state index contributed by atoms with van der Waals surface area (Å²) in [4.78, 5) is 0. The maximum Gasteiger partial charge on any atom is 2.00 e. The molecule has 2 aromatic carbocycles. The molecule has 0 unspecified atom stereocenters. The molecule has 0 N–H and O–H groups in total. The average molecular weight is 412 g/mol. The average Bonchev–Trinajstić information content (AvgIpc) is 3.32. The Labute approximate surface area is 180 Å². The summed E-state index contributed by atoms with van der Waals surface area (Å²) in [5.41, 5.74) is 1.48. The largest absolute Gasteiger partial charge is 2.00 e. The van der Waals surface area contributed by atoms with Crippen LogP contribution in [0, 0.1) is 0 Å². The first-order valence-corrected chi connectivity index (χ1v) is 10.8. The summed E-state index contributed by atoms with van der Waals surface area (Å²) < 4.78 is 1.13. The molecule has 154 valence electrons. The zero-order chi connectivity index (χ0) is 18.9. The van der Waals surface area contributed by atoms with Gasteiger partial charge in [0.25, 0.3) is 0 Å². The molecule has 0 heterocycles. The quantitative estimate of drug-likeness (QED) is 0.140. The fourth-order valence-corrected chi connectivity index (χ4v) is 3.44. The summed E-state index contributed by atoms with van der Waals surface area (Å²) in [5, 5.41) is 0. The molecule has 0 fully saturated rings. The molecule has 0 aromatic heterocycles. The third-order valence-corrected chi connectivity index (χ3v) is 5.01. The van der Waals surface area contributed by atoms with Crippen molar-refractivity contribution in [2.24, 2.45) is 0 Å². The SMILES string of the molecule is CCCCCCCCCCCC[N+](C)(C)Cc1ccc[cH-]1.[Fe+2].c1cc[cH-]c1. The van der Waals surface area contributed by atoms with E-state index >= 15 is 0 Å². The first-order valence-electron chi connectivity index (χ1n) is 10.8. The van der Waals surface area contributed by atoms with Gasteiger partial charge in [0.15, 0.2) is 0 Å². The van der Waals surface area contributed by atoms with E-state index in [9.17, 15) is 0 Å². The molecule has 0 saturated heterocycles. The molecule has 0 atom stereocenters. The van der Waals surface area contributed by atoms with Gasteiger partial charge in [-0.15, -0.1) is 5.56 Å². The standard InChI is InChI=1S/C20H37N.C5H5.Fe/c1-4-5-6-7-8-9-10-11-12-15-18-21(2,3)19-20-16-13-14-17-20;1-2-4-5-3-1;/h13-14,16-17H,4-12,15,18-19H2,1-3H3;1-5H;/q;-1;+2. The van der Waals surface area contributed by atoms with E-state index < -0.39 is 0 Å². The van der Waals surface area contributed by atoms with Crippen molar-refractivity contribution in [1.29, 1.82) is 0 Å². The molecule has 0 aliphatic rings. The van der Waals surface area contributed by atoms with Crippen molar-refractivity contribution in [3.8, 4) is 0 Å². The van der Waals surface area contributed by atoms with Gasteiger partial charge in [-0.1, -0.05) is 58.3 Å². The molecule has 0 aliphatic heterocycles. The molecular formula is C25H42FeN+. The Kier molecular flexibility index (Phi) is 16.8. The minimum atomic E-state index is 0. The van der Waals surface area contributed by atoms with Gasteiger partial charge in [0.05, 0.1) is 27.2 Å². The van der Waals surface area contributed by atoms with Crippen LogP contribution < -0.4 is 0 Å². The van der Waals surface area contributed by atoms with E-state index in [1.807, 2.05) is 30.3 Å². The van der Waals surface area contributed by atoms with Gasteiger partial charge < -0.3 is 4.48 Å². The van der Waals surface area contributed by atoms with Crippen LogP contribution in [-0.4, -0.2) is 25.1 Å². The zero-order valence-electron chi connectivity index (χ0n) is 18.0. The molecule has 0 amide bonds. The second kappa shape index (κ2) is 17.3. The second-order valence-electron chi connectivity index (χ2n) is 8.25. The van der Waals surface area contributed by atoms with E-state index in [1.165, 1.54) is 82.9 Å². The van der Waals surface area contributed by atoms with E-state index in [0.717, 1.165) is 4.48 Å². The maximum atomic E-state index is 2.36. The zero-order valence-corrected chi connectivity index (χ0v) is 19.1. The molecule has 2 aromatic rings. The summed E-state index contributed by atoms with van der Waals surface area (Å²) in [7, 11) is 4.72. The number of hydrogen-bond donors (Lipinski definition) is 0. The molecule has 2 rings (SSSR count). The third-order valence-electron chi connectivity index (χ3n) is 5.01. The number of quaternary nitrogens is 1. The van der Waals surface area contributed by atoms with Gasteiger partial charge in [-0.25, -0.2) is 24.3 Å². The van der Waals surface area contributed by atoms with Crippen LogP contribution in [0.3, 0.4) is 0 Å². The summed E-state index contributed by atoms with van der Waals surface area (Å²) in [6, 6.07) is 18.8. The predicted molar refractivity (Wildman–Crippen MR) is 117 cm³/mol. The number of nitrogens with zero attached hydrogens (tertiary/aromatic N) is 1. The van der Waals surface area contributed by atoms with Crippen LogP contribution in [0.4, 0.5) is 0 Å². The summed E-state index contributed by atoms with van der Waals surface area (Å²) in [6.45, 7) is 4.77. The molecule has 0 saturated carbocycles. The van der Waals surface area contributed by atoms with Gasteiger partial charge in [0, 0.05) is 0 Å². The fraction of sp³-hybridized carbons (Fsp3) is 0.600. The van der Waals surface area contributed by atoms with E-state index in [4.69, 9.17) is 0 Å². The van der Waals surface area contributed by atoms with Crippen LogP contribution in [0.15, 0.2) is 54.6 Å². The molecular weight excluding hydrogens is 370 g/mol. The number of hydrogen-bond acceptors (Lipinski definition) is 0. The Morgan fingerprint density at radius 3 is 1.74 bits per heavy atom. The minimum Gasteiger partial charge on any atom is -0.326 e. The third kappa shape index (κ3) is 15.9. The normalized spacial score (nSPS) is 10.8. The summed E-state index contributed by atoms with van der Waals surface area (Å²) >= 11 is 0. The van der Waals surface area contributed by atoms with Crippen molar-refractivity contribution in [2.45, 2.75) is 77.7 Å². The van der Waals surface area contributed by atoms with Crippen molar-refractivity contribution < 1.29 is 21.6 Å². The van der Waals surface area contributed by atoms with E-state index in [-0.39, 0.29) is 17.1 Å². The Morgan fingerprint density at radius 1 is 0.741 bits per heavy atom. The van der Waals surface area contributed by atoms with Crippen LogP contribution in [0.2, 0.25) is 0 Å². The van der Waals surface area contributed by atoms with Crippen LogP contribution in [0.5, 0.6) is 0 Å². The molecule has 0 bridgehead atoms. The van der Waals surface area contributed by atoms with Gasteiger partial charge in [0.2, 0.25) is 0 Å². The Hall–Kier alpha value is -0.821. The molecule has 27 heavy (non-hydrogen) atoms. The van der Waals surface area contributed by atoms with Gasteiger partial charge in [0.1, 0.15) is 0 Å².